The molecular weight excluding hydrogens is 216 g/mol. The summed E-state index contributed by atoms with van der Waals surface area (Å²) in [6.07, 6.45) is 0. The predicted octanol–water partition coefficient (Wildman–Crippen LogP) is 4.15. The quantitative estimate of drug-likeness (QED) is 0.783. The number of benzene rings is 2. The molecule has 0 atom stereocenters. The fraction of sp³-hybridized carbons (Fsp3) is 0.143. The Hall–Kier alpha value is -1.41. The molecule has 2 aromatic rings. The highest BCUT2D eigenvalue weighted by Gasteiger charge is 2.05. The second kappa shape index (κ2) is 5.08. The third-order valence-corrected chi connectivity index (χ3v) is 3.60. The van der Waals surface area contributed by atoms with Gasteiger partial charge in [-0.2, -0.15) is 0 Å². The Labute approximate surface area is 100 Å². The first-order chi connectivity index (χ1) is 7.81. The molecule has 0 aliphatic heterocycles. The maximum atomic E-state index is 5.31. The van der Waals surface area contributed by atoms with Crippen LogP contribution in [-0.2, 0) is 0 Å². The van der Waals surface area contributed by atoms with E-state index in [0.29, 0.717) is 0 Å². The van der Waals surface area contributed by atoms with Gasteiger partial charge in [0.05, 0.1) is 7.11 Å². The lowest BCUT2D eigenvalue weighted by molar-refractivity contribution is 0.410. The monoisotopic (exact) mass is 230 g/mol. The molecule has 0 spiro atoms. The fourth-order valence-electron chi connectivity index (χ4n) is 1.54. The highest BCUT2D eigenvalue weighted by atomic mass is 32.2. The molecule has 16 heavy (non-hydrogen) atoms. The zero-order valence-electron chi connectivity index (χ0n) is 9.44. The van der Waals surface area contributed by atoms with Crippen LogP contribution in [0.3, 0.4) is 0 Å². The molecular formula is C14H14OS. The van der Waals surface area contributed by atoms with E-state index in [1.165, 1.54) is 15.4 Å². The Morgan fingerprint density at radius 2 is 1.69 bits per heavy atom. The smallest absolute Gasteiger partial charge is 0.122 e. The van der Waals surface area contributed by atoms with E-state index in [4.69, 9.17) is 4.74 Å². The maximum absolute atomic E-state index is 5.31. The first-order valence-corrected chi connectivity index (χ1v) is 5.99. The highest BCUT2D eigenvalue weighted by molar-refractivity contribution is 7.99. The van der Waals surface area contributed by atoms with Gasteiger partial charge >= 0.3 is 0 Å². The van der Waals surface area contributed by atoms with Crippen molar-refractivity contribution in [3.63, 3.8) is 0 Å². The minimum atomic E-state index is 0.945. The van der Waals surface area contributed by atoms with Crippen LogP contribution in [-0.4, -0.2) is 7.11 Å². The largest absolute Gasteiger partial charge is 0.496 e. The minimum absolute atomic E-state index is 0.945. The van der Waals surface area contributed by atoms with Crippen molar-refractivity contribution in [2.24, 2.45) is 0 Å². The zero-order chi connectivity index (χ0) is 11.4. The molecule has 0 aromatic heterocycles. The van der Waals surface area contributed by atoms with Gasteiger partial charge in [-0.3, -0.25) is 0 Å². The van der Waals surface area contributed by atoms with Gasteiger partial charge in [0.15, 0.2) is 0 Å². The van der Waals surface area contributed by atoms with Crippen LogP contribution in [0.2, 0.25) is 0 Å². The van der Waals surface area contributed by atoms with E-state index in [1.807, 2.05) is 18.2 Å². The van der Waals surface area contributed by atoms with Gasteiger partial charge in [0.1, 0.15) is 5.75 Å². The van der Waals surface area contributed by atoms with E-state index in [9.17, 15) is 0 Å². The molecule has 0 radical (unpaired) electrons. The van der Waals surface area contributed by atoms with E-state index in [-0.39, 0.29) is 0 Å². The lowest BCUT2D eigenvalue weighted by Gasteiger charge is -2.09. The van der Waals surface area contributed by atoms with Gasteiger partial charge in [0.25, 0.3) is 0 Å². The van der Waals surface area contributed by atoms with Crippen molar-refractivity contribution in [2.45, 2.75) is 16.7 Å². The van der Waals surface area contributed by atoms with Crippen molar-refractivity contribution in [1.29, 1.82) is 0 Å². The van der Waals surface area contributed by atoms with Crippen molar-refractivity contribution in [3.05, 3.63) is 54.1 Å². The molecule has 0 fully saturated rings. The average molecular weight is 230 g/mol. The van der Waals surface area contributed by atoms with E-state index in [1.54, 1.807) is 18.9 Å². The molecule has 0 heterocycles. The maximum Gasteiger partial charge on any atom is 0.122 e. The lowest BCUT2D eigenvalue weighted by atomic mass is 10.2. The Kier molecular flexibility index (Phi) is 3.52. The highest BCUT2D eigenvalue weighted by Crippen LogP contribution is 2.33. The van der Waals surface area contributed by atoms with E-state index >= 15 is 0 Å². The number of ether oxygens (including phenoxy) is 1. The van der Waals surface area contributed by atoms with Gasteiger partial charge < -0.3 is 4.74 Å². The molecule has 1 nitrogen and oxygen atoms in total. The number of rotatable bonds is 3. The summed E-state index contributed by atoms with van der Waals surface area (Å²) in [6, 6.07) is 16.5. The Balaban J connectivity index is 2.28. The number of hydrogen-bond acceptors (Lipinski definition) is 2. The first-order valence-electron chi connectivity index (χ1n) is 5.18. The average Bonchev–Trinajstić information content (AvgIpc) is 2.33. The standard InChI is InChI=1S/C14H14OS/c1-11-13(15-2)9-6-10-14(11)16-12-7-4-3-5-8-12/h3-10H,1-2H3. The molecule has 2 heteroatoms. The summed E-state index contributed by atoms with van der Waals surface area (Å²) in [7, 11) is 1.71. The van der Waals surface area contributed by atoms with Gasteiger partial charge in [-0.25, -0.2) is 0 Å². The van der Waals surface area contributed by atoms with Crippen LogP contribution in [0, 0.1) is 6.92 Å². The van der Waals surface area contributed by atoms with Gasteiger partial charge in [0, 0.05) is 15.4 Å². The van der Waals surface area contributed by atoms with Gasteiger partial charge in [0.2, 0.25) is 0 Å². The van der Waals surface area contributed by atoms with E-state index in [0.717, 1.165) is 5.75 Å². The molecule has 0 saturated heterocycles. The molecule has 2 aromatic carbocycles. The minimum Gasteiger partial charge on any atom is -0.496 e. The fourth-order valence-corrected chi connectivity index (χ4v) is 2.49. The summed E-state index contributed by atoms with van der Waals surface area (Å²) < 4.78 is 5.31. The molecule has 0 saturated carbocycles. The Morgan fingerprint density at radius 3 is 2.38 bits per heavy atom. The van der Waals surface area contributed by atoms with E-state index < -0.39 is 0 Å². The third-order valence-electron chi connectivity index (χ3n) is 2.43. The molecule has 0 N–H and O–H groups in total. The molecule has 0 unspecified atom stereocenters. The van der Waals surface area contributed by atoms with Gasteiger partial charge in [-0.15, -0.1) is 0 Å². The summed E-state index contributed by atoms with van der Waals surface area (Å²) in [6.45, 7) is 2.09. The normalized spacial score (nSPS) is 10.1. The van der Waals surface area contributed by atoms with Crippen molar-refractivity contribution >= 4 is 11.8 Å². The van der Waals surface area contributed by atoms with E-state index in [2.05, 4.69) is 37.3 Å². The third kappa shape index (κ3) is 2.39. The van der Waals surface area contributed by atoms with Crippen molar-refractivity contribution in [1.82, 2.24) is 0 Å². The van der Waals surface area contributed by atoms with Crippen LogP contribution in [0.1, 0.15) is 5.56 Å². The predicted molar refractivity (Wildman–Crippen MR) is 68.3 cm³/mol. The second-order valence-electron chi connectivity index (χ2n) is 3.50. The molecule has 0 aliphatic rings. The molecule has 2 rings (SSSR count). The van der Waals surface area contributed by atoms with Gasteiger partial charge in [-0.05, 0) is 31.2 Å². The molecule has 82 valence electrons. The molecule has 0 aliphatic carbocycles. The SMILES string of the molecule is COc1cccc(Sc2ccccc2)c1C. The topological polar surface area (TPSA) is 9.23 Å². The van der Waals surface area contributed by atoms with Crippen molar-refractivity contribution < 1.29 is 4.74 Å². The van der Waals surface area contributed by atoms with Crippen LogP contribution in [0.4, 0.5) is 0 Å². The Bertz CT molecular complexity index is 465. The summed E-state index contributed by atoms with van der Waals surface area (Å²) in [4.78, 5) is 2.49. The van der Waals surface area contributed by atoms with Crippen LogP contribution in [0.25, 0.3) is 0 Å². The summed E-state index contributed by atoms with van der Waals surface area (Å²) in [5.41, 5.74) is 1.19. The van der Waals surface area contributed by atoms with Gasteiger partial charge in [-0.1, -0.05) is 36.0 Å². The summed E-state index contributed by atoms with van der Waals surface area (Å²) >= 11 is 1.76. The molecule has 0 amide bonds. The summed E-state index contributed by atoms with van der Waals surface area (Å²) in [5, 5.41) is 0. The van der Waals surface area contributed by atoms with Crippen molar-refractivity contribution in [3.8, 4) is 5.75 Å². The first kappa shape index (κ1) is 11.1. The van der Waals surface area contributed by atoms with Crippen molar-refractivity contribution in [2.75, 3.05) is 7.11 Å². The number of methoxy groups -OCH3 is 1. The van der Waals surface area contributed by atoms with Crippen LogP contribution in [0.15, 0.2) is 58.3 Å². The Morgan fingerprint density at radius 1 is 0.938 bits per heavy atom. The molecule has 0 bridgehead atoms. The zero-order valence-corrected chi connectivity index (χ0v) is 10.3. The van der Waals surface area contributed by atoms with Crippen LogP contribution < -0.4 is 4.74 Å². The lowest BCUT2D eigenvalue weighted by Crippen LogP contribution is -1.88. The number of hydrogen-bond donors (Lipinski definition) is 0. The summed E-state index contributed by atoms with van der Waals surface area (Å²) in [5.74, 6) is 0.945. The van der Waals surface area contributed by atoms with Crippen LogP contribution >= 0.6 is 11.8 Å². The van der Waals surface area contributed by atoms with Crippen LogP contribution in [0.5, 0.6) is 5.75 Å². The second-order valence-corrected chi connectivity index (χ2v) is 4.61.